The van der Waals surface area contributed by atoms with Crippen LogP contribution in [0.3, 0.4) is 0 Å². The third kappa shape index (κ3) is 5.34. The Hall–Kier alpha value is -1.91. The van der Waals surface area contributed by atoms with Gasteiger partial charge in [0.2, 0.25) is 5.75 Å². The molecule has 1 aromatic carbocycles. The summed E-state index contributed by atoms with van der Waals surface area (Å²) in [5.74, 6) is 1.84. The zero-order chi connectivity index (χ0) is 17.2. The minimum atomic E-state index is -0.126. The molecule has 1 rings (SSSR count). The van der Waals surface area contributed by atoms with Crippen molar-refractivity contribution < 1.29 is 19.0 Å². The maximum atomic E-state index is 12.4. The van der Waals surface area contributed by atoms with Crippen molar-refractivity contribution in [3.05, 3.63) is 17.7 Å². The van der Waals surface area contributed by atoms with Crippen molar-refractivity contribution in [1.82, 2.24) is 5.32 Å². The molecule has 0 spiro atoms. The van der Waals surface area contributed by atoms with E-state index in [1.165, 1.54) is 27.1 Å². The molecule has 0 unspecified atom stereocenters. The zero-order valence-electron chi connectivity index (χ0n) is 14.9. The number of carbonyl (C=O) groups excluding carboxylic acids is 1. The van der Waals surface area contributed by atoms with Gasteiger partial charge >= 0.3 is 0 Å². The van der Waals surface area contributed by atoms with Gasteiger partial charge in [0.05, 0.1) is 21.3 Å². The number of ether oxygens (including phenoxy) is 3. The van der Waals surface area contributed by atoms with E-state index in [4.69, 9.17) is 14.2 Å². The summed E-state index contributed by atoms with van der Waals surface area (Å²) in [4.78, 5) is 12.4. The summed E-state index contributed by atoms with van der Waals surface area (Å²) in [5.41, 5.74) is 0.504. The summed E-state index contributed by atoms with van der Waals surface area (Å²) in [5, 5.41) is 3.01. The Morgan fingerprint density at radius 3 is 2.13 bits per heavy atom. The Morgan fingerprint density at radius 2 is 1.70 bits per heavy atom. The first kappa shape index (κ1) is 19.1. The first-order valence-electron chi connectivity index (χ1n) is 8.19. The number of hydrogen-bond acceptors (Lipinski definition) is 4. The van der Waals surface area contributed by atoms with Crippen LogP contribution in [-0.4, -0.2) is 33.8 Å². The summed E-state index contributed by atoms with van der Waals surface area (Å²) in [7, 11) is 4.62. The molecule has 0 aromatic heterocycles. The van der Waals surface area contributed by atoms with E-state index in [0.29, 0.717) is 35.3 Å². The average molecular weight is 323 g/mol. The van der Waals surface area contributed by atoms with Gasteiger partial charge < -0.3 is 19.5 Å². The molecule has 0 fully saturated rings. The summed E-state index contributed by atoms with van der Waals surface area (Å²) in [6.45, 7) is 5.03. The van der Waals surface area contributed by atoms with Crippen LogP contribution in [0, 0.1) is 5.92 Å². The topological polar surface area (TPSA) is 56.8 Å². The highest BCUT2D eigenvalue weighted by Gasteiger charge is 2.17. The minimum Gasteiger partial charge on any atom is -0.493 e. The third-order valence-corrected chi connectivity index (χ3v) is 4.02. The lowest BCUT2D eigenvalue weighted by molar-refractivity contribution is 0.0945. The molecule has 23 heavy (non-hydrogen) atoms. The van der Waals surface area contributed by atoms with Gasteiger partial charge in [0.25, 0.3) is 5.91 Å². The van der Waals surface area contributed by atoms with Gasteiger partial charge in [-0.2, -0.15) is 0 Å². The van der Waals surface area contributed by atoms with Crippen LogP contribution in [0.2, 0.25) is 0 Å². The van der Waals surface area contributed by atoms with Gasteiger partial charge in [-0.05, 0) is 24.5 Å². The maximum Gasteiger partial charge on any atom is 0.251 e. The number of unbranched alkanes of at least 4 members (excludes halogenated alkanes) is 1. The van der Waals surface area contributed by atoms with E-state index >= 15 is 0 Å². The molecule has 5 nitrogen and oxygen atoms in total. The van der Waals surface area contributed by atoms with Crippen LogP contribution in [0.5, 0.6) is 17.2 Å². The van der Waals surface area contributed by atoms with Crippen LogP contribution in [-0.2, 0) is 0 Å². The number of nitrogens with one attached hydrogen (secondary N) is 1. The lowest BCUT2D eigenvalue weighted by Crippen LogP contribution is -2.29. The molecule has 0 aliphatic carbocycles. The second-order valence-corrected chi connectivity index (χ2v) is 5.54. The van der Waals surface area contributed by atoms with Crippen LogP contribution in [0.4, 0.5) is 0 Å². The fourth-order valence-corrected chi connectivity index (χ4v) is 2.49. The number of carbonyl (C=O) groups is 1. The predicted molar refractivity (Wildman–Crippen MR) is 91.7 cm³/mol. The quantitative estimate of drug-likeness (QED) is 0.714. The molecule has 0 saturated carbocycles. The summed E-state index contributed by atoms with van der Waals surface area (Å²) in [6.07, 6.45) is 4.58. The van der Waals surface area contributed by atoms with E-state index < -0.39 is 0 Å². The molecule has 1 N–H and O–H groups in total. The summed E-state index contributed by atoms with van der Waals surface area (Å²) < 4.78 is 15.8. The van der Waals surface area contributed by atoms with Gasteiger partial charge in [-0.1, -0.05) is 33.1 Å². The van der Waals surface area contributed by atoms with Crippen molar-refractivity contribution >= 4 is 5.91 Å². The van der Waals surface area contributed by atoms with Gasteiger partial charge in [0, 0.05) is 12.1 Å². The fourth-order valence-electron chi connectivity index (χ4n) is 2.49. The number of methoxy groups -OCH3 is 3. The van der Waals surface area contributed by atoms with Crippen LogP contribution >= 0.6 is 0 Å². The smallest absolute Gasteiger partial charge is 0.251 e. The average Bonchev–Trinajstić information content (AvgIpc) is 2.60. The van der Waals surface area contributed by atoms with Crippen LogP contribution in [0.1, 0.15) is 49.9 Å². The van der Waals surface area contributed by atoms with E-state index in [0.717, 1.165) is 12.8 Å². The van der Waals surface area contributed by atoms with Crippen LogP contribution < -0.4 is 19.5 Å². The molecule has 1 amide bonds. The molecule has 0 heterocycles. The standard InChI is InChI=1S/C18H29NO4/c1-6-8-9-13(7-2)12-19-18(20)14-10-15(21-3)17(23-5)16(11-14)22-4/h10-11,13H,6-9,12H2,1-5H3,(H,19,20)/t13-/m0/s1. The van der Waals surface area contributed by atoms with Crippen molar-refractivity contribution in [1.29, 1.82) is 0 Å². The molecule has 130 valence electrons. The van der Waals surface area contributed by atoms with Crippen molar-refractivity contribution in [2.45, 2.75) is 39.5 Å². The lowest BCUT2D eigenvalue weighted by atomic mass is 9.99. The summed E-state index contributed by atoms with van der Waals surface area (Å²) >= 11 is 0. The van der Waals surface area contributed by atoms with E-state index in [-0.39, 0.29) is 5.91 Å². The number of amides is 1. The van der Waals surface area contributed by atoms with Crippen molar-refractivity contribution in [2.75, 3.05) is 27.9 Å². The minimum absolute atomic E-state index is 0.126. The van der Waals surface area contributed by atoms with Crippen molar-refractivity contribution in [3.63, 3.8) is 0 Å². The molecule has 0 radical (unpaired) electrons. The molecule has 1 aromatic rings. The fraction of sp³-hybridized carbons (Fsp3) is 0.611. The molecule has 1 atom stereocenters. The van der Waals surface area contributed by atoms with E-state index in [2.05, 4.69) is 19.2 Å². The summed E-state index contributed by atoms with van der Waals surface area (Å²) in [6, 6.07) is 3.34. The van der Waals surface area contributed by atoms with Crippen molar-refractivity contribution in [2.24, 2.45) is 5.92 Å². The Morgan fingerprint density at radius 1 is 1.09 bits per heavy atom. The second kappa shape index (κ2) is 9.98. The number of rotatable bonds is 10. The lowest BCUT2D eigenvalue weighted by Gasteiger charge is -2.17. The van der Waals surface area contributed by atoms with Gasteiger partial charge in [-0.25, -0.2) is 0 Å². The van der Waals surface area contributed by atoms with E-state index in [1.54, 1.807) is 19.2 Å². The molecule has 5 heteroatoms. The van der Waals surface area contributed by atoms with Crippen LogP contribution in [0.15, 0.2) is 12.1 Å². The van der Waals surface area contributed by atoms with Gasteiger partial charge in [0.1, 0.15) is 0 Å². The second-order valence-electron chi connectivity index (χ2n) is 5.54. The van der Waals surface area contributed by atoms with Gasteiger partial charge in [-0.3, -0.25) is 4.79 Å². The molecular weight excluding hydrogens is 294 g/mol. The molecular formula is C18H29NO4. The normalized spacial score (nSPS) is 11.7. The molecule has 0 aliphatic heterocycles. The molecule has 0 bridgehead atoms. The van der Waals surface area contributed by atoms with Gasteiger partial charge in [0.15, 0.2) is 11.5 Å². The number of benzene rings is 1. The Labute approximate surface area is 139 Å². The number of hydrogen-bond donors (Lipinski definition) is 1. The highest BCUT2D eigenvalue weighted by Crippen LogP contribution is 2.38. The Balaban J connectivity index is 2.83. The van der Waals surface area contributed by atoms with Crippen LogP contribution in [0.25, 0.3) is 0 Å². The van der Waals surface area contributed by atoms with Gasteiger partial charge in [-0.15, -0.1) is 0 Å². The first-order valence-corrected chi connectivity index (χ1v) is 8.19. The molecule has 0 saturated heterocycles. The maximum absolute atomic E-state index is 12.4. The van der Waals surface area contributed by atoms with E-state index in [9.17, 15) is 4.79 Å². The highest BCUT2D eigenvalue weighted by atomic mass is 16.5. The Bertz CT molecular complexity index is 477. The van der Waals surface area contributed by atoms with Crippen molar-refractivity contribution in [3.8, 4) is 17.2 Å². The third-order valence-electron chi connectivity index (χ3n) is 4.02. The predicted octanol–water partition coefficient (Wildman–Crippen LogP) is 3.66. The Kier molecular flexibility index (Phi) is 8.30. The van der Waals surface area contributed by atoms with E-state index in [1.807, 2.05) is 0 Å². The first-order chi connectivity index (χ1) is 11.1. The molecule has 0 aliphatic rings. The zero-order valence-corrected chi connectivity index (χ0v) is 14.9. The monoisotopic (exact) mass is 323 g/mol. The SMILES string of the molecule is CCCC[C@H](CC)CNC(=O)c1cc(OC)c(OC)c(OC)c1. The highest BCUT2D eigenvalue weighted by molar-refractivity contribution is 5.95. The largest absolute Gasteiger partial charge is 0.493 e.